The lowest BCUT2D eigenvalue weighted by Gasteiger charge is -2.30. The molecule has 0 bridgehead atoms. The molecule has 5 nitrogen and oxygen atoms in total. The van der Waals surface area contributed by atoms with Gasteiger partial charge in [-0.15, -0.1) is 11.3 Å². The van der Waals surface area contributed by atoms with Crippen molar-refractivity contribution in [3.63, 3.8) is 0 Å². The lowest BCUT2D eigenvalue weighted by atomic mass is 9.99. The van der Waals surface area contributed by atoms with Crippen molar-refractivity contribution in [1.29, 1.82) is 0 Å². The molecule has 0 aliphatic carbocycles. The average molecular weight is 477 g/mol. The zero-order valence-electron chi connectivity index (χ0n) is 15.6. The second-order valence-electron chi connectivity index (χ2n) is 6.68. The van der Waals surface area contributed by atoms with Crippen molar-refractivity contribution in [3.8, 4) is 0 Å². The molecule has 1 amide bonds. The molecule has 1 N–H and O–H groups in total. The van der Waals surface area contributed by atoms with Gasteiger partial charge in [-0.1, -0.05) is 23.7 Å². The van der Waals surface area contributed by atoms with E-state index in [4.69, 9.17) is 11.6 Å². The van der Waals surface area contributed by atoms with Gasteiger partial charge in [0.2, 0.25) is 5.91 Å². The topological polar surface area (TPSA) is 66.5 Å². The zero-order valence-corrected chi connectivity index (χ0v) is 18.8. The van der Waals surface area contributed by atoms with E-state index < -0.39 is 10.0 Å². The summed E-state index contributed by atoms with van der Waals surface area (Å²) < 4.78 is 40.8. The van der Waals surface area contributed by atoms with Crippen LogP contribution in [0, 0.1) is 11.7 Å². The van der Waals surface area contributed by atoms with E-state index in [-0.39, 0.29) is 24.2 Å². The number of hydrogen-bond donors (Lipinski definition) is 1. The average Bonchev–Trinajstić information content (AvgIpc) is 3.25. The SMILES string of the molecule is O=C(NCCSCc1c(F)cccc1Cl)[C@H]1CCCN(S(=O)(=O)c2cccs2)C1. The molecule has 2 heterocycles. The normalized spacial score (nSPS) is 17.9. The molecule has 10 heteroatoms. The number of thiophene rings is 1. The van der Waals surface area contributed by atoms with Crippen LogP contribution in [0.4, 0.5) is 4.39 Å². The summed E-state index contributed by atoms with van der Waals surface area (Å²) in [6, 6.07) is 7.89. The van der Waals surface area contributed by atoms with E-state index in [0.717, 1.165) is 0 Å². The maximum Gasteiger partial charge on any atom is 0.252 e. The molecule has 3 rings (SSSR count). The molecule has 1 aromatic carbocycles. The number of hydrogen-bond acceptors (Lipinski definition) is 5. The van der Waals surface area contributed by atoms with Crippen molar-refractivity contribution in [1.82, 2.24) is 9.62 Å². The minimum atomic E-state index is -3.53. The maximum absolute atomic E-state index is 13.7. The van der Waals surface area contributed by atoms with E-state index in [0.29, 0.717) is 52.2 Å². The summed E-state index contributed by atoms with van der Waals surface area (Å²) in [5.74, 6) is 0.214. The molecule has 2 aromatic rings. The summed E-state index contributed by atoms with van der Waals surface area (Å²) in [6.45, 7) is 1.07. The summed E-state index contributed by atoms with van der Waals surface area (Å²) in [4.78, 5) is 12.5. The Labute approximate surface area is 183 Å². The van der Waals surface area contributed by atoms with Crippen molar-refractivity contribution in [3.05, 3.63) is 52.1 Å². The Bertz CT molecular complexity index is 918. The van der Waals surface area contributed by atoms with Crippen LogP contribution in [0.2, 0.25) is 5.02 Å². The number of nitrogens with zero attached hydrogens (tertiary/aromatic N) is 1. The minimum Gasteiger partial charge on any atom is -0.355 e. The second-order valence-corrected chi connectivity index (χ2v) is 11.3. The lowest BCUT2D eigenvalue weighted by Crippen LogP contribution is -2.45. The Morgan fingerprint density at radius 2 is 2.17 bits per heavy atom. The van der Waals surface area contributed by atoms with Gasteiger partial charge < -0.3 is 5.32 Å². The molecule has 0 saturated carbocycles. The molecule has 1 aliphatic rings. The Kier molecular flexibility index (Phi) is 7.98. The highest BCUT2D eigenvalue weighted by atomic mass is 35.5. The van der Waals surface area contributed by atoms with Gasteiger partial charge in [-0.25, -0.2) is 12.8 Å². The van der Waals surface area contributed by atoms with E-state index in [1.165, 1.54) is 33.5 Å². The van der Waals surface area contributed by atoms with Crippen LogP contribution in [0.15, 0.2) is 39.9 Å². The first-order chi connectivity index (χ1) is 13.9. The van der Waals surface area contributed by atoms with Crippen LogP contribution in [0.25, 0.3) is 0 Å². The third-order valence-electron chi connectivity index (χ3n) is 4.70. The van der Waals surface area contributed by atoms with Crippen LogP contribution in [0.5, 0.6) is 0 Å². The van der Waals surface area contributed by atoms with E-state index in [1.807, 2.05) is 0 Å². The molecule has 29 heavy (non-hydrogen) atoms. The van der Waals surface area contributed by atoms with Crippen LogP contribution in [0.3, 0.4) is 0 Å². The molecule has 158 valence electrons. The highest BCUT2D eigenvalue weighted by Crippen LogP contribution is 2.27. The number of carbonyl (C=O) groups excluding carboxylic acids is 1. The van der Waals surface area contributed by atoms with E-state index in [1.54, 1.807) is 29.6 Å². The standard InChI is InChI=1S/C19H22ClFN2O3S3/c20-16-5-1-6-17(21)15(16)13-27-11-8-22-19(24)14-4-2-9-23(12-14)29(25,26)18-7-3-10-28-18/h1,3,5-7,10,14H,2,4,8-9,11-13H2,(H,22,24)/t14-/m0/s1. The Morgan fingerprint density at radius 3 is 2.90 bits per heavy atom. The van der Waals surface area contributed by atoms with Gasteiger partial charge in [0.25, 0.3) is 10.0 Å². The first-order valence-electron chi connectivity index (χ1n) is 9.21. The van der Waals surface area contributed by atoms with Crippen LogP contribution < -0.4 is 5.32 Å². The second kappa shape index (κ2) is 10.3. The van der Waals surface area contributed by atoms with Crippen LogP contribution in [-0.2, 0) is 20.6 Å². The van der Waals surface area contributed by atoms with Crippen LogP contribution >= 0.6 is 34.7 Å². The summed E-state index contributed by atoms with van der Waals surface area (Å²) in [5, 5.41) is 5.00. The number of piperidine rings is 1. The van der Waals surface area contributed by atoms with Gasteiger partial charge in [-0.3, -0.25) is 4.79 Å². The van der Waals surface area contributed by atoms with Gasteiger partial charge in [0.15, 0.2) is 0 Å². The fourth-order valence-electron chi connectivity index (χ4n) is 3.15. The molecule has 1 saturated heterocycles. The summed E-state index contributed by atoms with van der Waals surface area (Å²) >= 11 is 8.67. The molecular weight excluding hydrogens is 455 g/mol. The number of amides is 1. The van der Waals surface area contributed by atoms with Gasteiger partial charge >= 0.3 is 0 Å². The Balaban J connectivity index is 1.45. The van der Waals surface area contributed by atoms with Crippen molar-refractivity contribution in [2.24, 2.45) is 5.92 Å². The van der Waals surface area contributed by atoms with Crippen molar-refractivity contribution < 1.29 is 17.6 Å². The number of rotatable bonds is 8. The van der Waals surface area contributed by atoms with Gasteiger partial charge in [0.1, 0.15) is 10.0 Å². The van der Waals surface area contributed by atoms with Gasteiger partial charge in [0.05, 0.1) is 5.92 Å². The molecule has 0 spiro atoms. The molecule has 1 aliphatic heterocycles. The van der Waals surface area contributed by atoms with Crippen LogP contribution in [0.1, 0.15) is 18.4 Å². The Hall–Kier alpha value is -1.13. The minimum absolute atomic E-state index is 0.138. The fraction of sp³-hybridized carbons (Fsp3) is 0.421. The van der Waals surface area contributed by atoms with Gasteiger partial charge in [0, 0.05) is 41.7 Å². The fourth-order valence-corrected chi connectivity index (χ4v) is 7.01. The number of sulfonamides is 1. The number of nitrogens with one attached hydrogen (secondary N) is 1. The van der Waals surface area contributed by atoms with Crippen molar-refractivity contribution >= 4 is 50.6 Å². The van der Waals surface area contributed by atoms with E-state index >= 15 is 0 Å². The smallest absolute Gasteiger partial charge is 0.252 e. The van der Waals surface area contributed by atoms with Gasteiger partial charge in [-0.05, 0) is 36.4 Å². The maximum atomic E-state index is 13.7. The zero-order chi connectivity index (χ0) is 20.9. The molecule has 1 aromatic heterocycles. The van der Waals surface area contributed by atoms with Gasteiger partial charge in [-0.2, -0.15) is 16.1 Å². The highest BCUT2D eigenvalue weighted by Gasteiger charge is 2.33. The predicted octanol–water partition coefficient (Wildman–Crippen LogP) is 3.99. The first kappa shape index (κ1) is 22.6. The molecule has 1 atom stereocenters. The monoisotopic (exact) mass is 476 g/mol. The van der Waals surface area contributed by atoms with E-state index in [2.05, 4.69) is 5.32 Å². The van der Waals surface area contributed by atoms with Crippen molar-refractivity contribution in [2.45, 2.75) is 22.8 Å². The first-order valence-corrected chi connectivity index (χ1v) is 13.1. The quantitative estimate of drug-likeness (QED) is 0.585. The number of carbonyl (C=O) groups is 1. The lowest BCUT2D eigenvalue weighted by molar-refractivity contribution is -0.125. The molecule has 1 fully saturated rings. The highest BCUT2D eigenvalue weighted by molar-refractivity contribution is 7.98. The molecule has 0 radical (unpaired) electrons. The number of benzene rings is 1. The van der Waals surface area contributed by atoms with E-state index in [9.17, 15) is 17.6 Å². The largest absolute Gasteiger partial charge is 0.355 e. The molecule has 0 unspecified atom stereocenters. The van der Waals surface area contributed by atoms with Crippen molar-refractivity contribution in [2.75, 3.05) is 25.4 Å². The number of halogens is 2. The number of thioether (sulfide) groups is 1. The Morgan fingerprint density at radius 1 is 1.34 bits per heavy atom. The summed E-state index contributed by atoms with van der Waals surface area (Å²) in [7, 11) is -3.53. The third kappa shape index (κ3) is 5.73. The predicted molar refractivity (Wildman–Crippen MR) is 116 cm³/mol. The van der Waals surface area contributed by atoms with Crippen LogP contribution in [-0.4, -0.2) is 44.0 Å². The summed E-state index contributed by atoms with van der Waals surface area (Å²) in [6.07, 6.45) is 1.32. The summed E-state index contributed by atoms with van der Waals surface area (Å²) in [5.41, 5.74) is 0.465. The molecular formula is C19H22ClFN2O3S3. The third-order valence-corrected chi connectivity index (χ3v) is 9.28.